The van der Waals surface area contributed by atoms with E-state index in [4.69, 9.17) is 10.2 Å². The van der Waals surface area contributed by atoms with E-state index >= 15 is 0 Å². The van der Waals surface area contributed by atoms with Crippen molar-refractivity contribution in [1.29, 1.82) is 0 Å². The highest BCUT2D eigenvalue weighted by molar-refractivity contribution is 5.83. The molecule has 102 valence electrons. The van der Waals surface area contributed by atoms with Gasteiger partial charge in [0.2, 0.25) is 0 Å². The standard InChI is InChI=1S/C12H18O6/c1-11(2,10(17)18-4)5-6-12(3,9(15)16)7-8(13)14/h5-6H,7H2,1-4H3,(H,13,14)(H,15,16). The zero-order valence-electron chi connectivity index (χ0n) is 10.9. The van der Waals surface area contributed by atoms with Crippen molar-refractivity contribution in [2.45, 2.75) is 27.2 Å². The summed E-state index contributed by atoms with van der Waals surface area (Å²) in [6, 6.07) is 0. The maximum absolute atomic E-state index is 11.4. The van der Waals surface area contributed by atoms with Gasteiger partial charge in [0.25, 0.3) is 0 Å². The van der Waals surface area contributed by atoms with Crippen LogP contribution < -0.4 is 0 Å². The van der Waals surface area contributed by atoms with Crippen LogP contribution in [0.5, 0.6) is 0 Å². The molecule has 0 spiro atoms. The Balaban J connectivity index is 5.17. The van der Waals surface area contributed by atoms with Crippen LogP contribution in [-0.4, -0.2) is 35.2 Å². The Morgan fingerprint density at radius 1 is 1.11 bits per heavy atom. The fourth-order valence-corrected chi connectivity index (χ4v) is 1.24. The van der Waals surface area contributed by atoms with Crippen LogP contribution in [0.3, 0.4) is 0 Å². The fourth-order valence-electron chi connectivity index (χ4n) is 1.24. The molecule has 1 atom stereocenters. The average molecular weight is 258 g/mol. The number of hydrogen-bond donors (Lipinski definition) is 2. The highest BCUT2D eigenvalue weighted by Gasteiger charge is 2.35. The molecule has 0 heterocycles. The van der Waals surface area contributed by atoms with Crippen LogP contribution in [0.25, 0.3) is 0 Å². The van der Waals surface area contributed by atoms with Crippen LogP contribution in [0.15, 0.2) is 12.2 Å². The normalized spacial score (nSPS) is 15.1. The highest BCUT2D eigenvalue weighted by Crippen LogP contribution is 2.28. The van der Waals surface area contributed by atoms with Gasteiger partial charge in [0.15, 0.2) is 0 Å². The summed E-state index contributed by atoms with van der Waals surface area (Å²) in [6.07, 6.45) is 2.02. The first-order valence-electron chi connectivity index (χ1n) is 5.29. The van der Waals surface area contributed by atoms with Crippen molar-refractivity contribution >= 4 is 17.9 Å². The summed E-state index contributed by atoms with van der Waals surface area (Å²) in [5.41, 5.74) is -2.57. The maximum atomic E-state index is 11.4. The Labute approximate surface area is 105 Å². The molecule has 0 aliphatic rings. The van der Waals surface area contributed by atoms with Gasteiger partial charge >= 0.3 is 17.9 Å². The average Bonchev–Trinajstić information content (AvgIpc) is 2.24. The highest BCUT2D eigenvalue weighted by atomic mass is 16.5. The van der Waals surface area contributed by atoms with Gasteiger partial charge < -0.3 is 14.9 Å². The van der Waals surface area contributed by atoms with Crippen molar-refractivity contribution < 1.29 is 29.3 Å². The monoisotopic (exact) mass is 258 g/mol. The van der Waals surface area contributed by atoms with Gasteiger partial charge in [-0.05, 0) is 20.8 Å². The molecule has 6 heteroatoms. The molecule has 0 aliphatic heterocycles. The summed E-state index contributed by atoms with van der Waals surface area (Å²) in [7, 11) is 1.23. The van der Waals surface area contributed by atoms with Gasteiger partial charge in [-0.1, -0.05) is 12.2 Å². The van der Waals surface area contributed by atoms with E-state index in [1.54, 1.807) is 13.8 Å². The van der Waals surface area contributed by atoms with Crippen LogP contribution >= 0.6 is 0 Å². The number of carbonyl (C=O) groups excluding carboxylic acids is 1. The molecule has 0 amide bonds. The van der Waals surface area contributed by atoms with E-state index in [-0.39, 0.29) is 0 Å². The van der Waals surface area contributed by atoms with Gasteiger partial charge in [0.05, 0.1) is 24.4 Å². The van der Waals surface area contributed by atoms with E-state index in [2.05, 4.69) is 4.74 Å². The third-order valence-electron chi connectivity index (χ3n) is 2.59. The van der Waals surface area contributed by atoms with Crippen molar-refractivity contribution in [2.75, 3.05) is 7.11 Å². The lowest BCUT2D eigenvalue weighted by molar-refractivity contribution is -0.152. The second kappa shape index (κ2) is 5.66. The number of hydrogen-bond acceptors (Lipinski definition) is 4. The Morgan fingerprint density at radius 2 is 1.61 bits per heavy atom. The Bertz CT molecular complexity index is 382. The lowest BCUT2D eigenvalue weighted by Crippen LogP contribution is -2.30. The second-order valence-corrected chi connectivity index (χ2v) is 4.84. The Morgan fingerprint density at radius 3 is 1.94 bits per heavy atom. The molecule has 0 fully saturated rings. The van der Waals surface area contributed by atoms with Crippen molar-refractivity contribution in [3.63, 3.8) is 0 Å². The van der Waals surface area contributed by atoms with Gasteiger partial charge in [-0.3, -0.25) is 14.4 Å². The van der Waals surface area contributed by atoms with Crippen LogP contribution in [-0.2, 0) is 19.1 Å². The minimum atomic E-state index is -1.56. The molecule has 0 aromatic heterocycles. The van der Waals surface area contributed by atoms with E-state index in [1.807, 2.05) is 0 Å². The summed E-state index contributed by atoms with van der Waals surface area (Å²) in [5, 5.41) is 17.7. The molecule has 2 N–H and O–H groups in total. The molecule has 0 saturated carbocycles. The molecule has 6 nitrogen and oxygen atoms in total. The number of carboxylic acid groups (broad SMARTS) is 2. The summed E-state index contributed by atoms with van der Waals surface area (Å²) < 4.78 is 4.57. The number of methoxy groups -OCH3 is 1. The first-order valence-corrected chi connectivity index (χ1v) is 5.29. The maximum Gasteiger partial charge on any atom is 0.315 e. The van der Waals surface area contributed by atoms with E-state index in [9.17, 15) is 14.4 Å². The minimum Gasteiger partial charge on any atom is -0.481 e. The van der Waals surface area contributed by atoms with Gasteiger partial charge in [-0.25, -0.2) is 0 Å². The van der Waals surface area contributed by atoms with E-state index in [0.29, 0.717) is 0 Å². The Hall–Kier alpha value is -1.85. The van der Waals surface area contributed by atoms with Crippen LogP contribution in [0, 0.1) is 10.8 Å². The predicted octanol–water partition coefficient (Wildman–Crippen LogP) is 1.31. The van der Waals surface area contributed by atoms with Gasteiger partial charge in [-0.15, -0.1) is 0 Å². The Kier molecular flexibility index (Phi) is 5.08. The molecule has 0 saturated heterocycles. The SMILES string of the molecule is COC(=O)C(C)(C)C=CC(C)(CC(=O)O)C(=O)O. The molecule has 0 bridgehead atoms. The summed E-state index contributed by atoms with van der Waals surface area (Å²) >= 11 is 0. The smallest absolute Gasteiger partial charge is 0.315 e. The van der Waals surface area contributed by atoms with E-state index < -0.39 is 35.2 Å². The molecule has 18 heavy (non-hydrogen) atoms. The summed E-state index contributed by atoms with van der Waals surface area (Å²) in [6.45, 7) is 4.39. The minimum absolute atomic E-state index is 0.526. The van der Waals surface area contributed by atoms with Crippen LogP contribution in [0.4, 0.5) is 0 Å². The molecule has 0 aromatic rings. The largest absolute Gasteiger partial charge is 0.481 e. The predicted molar refractivity (Wildman–Crippen MR) is 62.9 cm³/mol. The second-order valence-electron chi connectivity index (χ2n) is 4.84. The van der Waals surface area contributed by atoms with Crippen molar-refractivity contribution in [3.05, 3.63) is 12.2 Å². The molecular formula is C12H18O6. The molecule has 0 aromatic carbocycles. The lowest BCUT2D eigenvalue weighted by atomic mass is 9.82. The molecule has 1 unspecified atom stereocenters. The van der Waals surface area contributed by atoms with E-state index in [1.165, 1.54) is 26.2 Å². The quantitative estimate of drug-likeness (QED) is 0.550. The van der Waals surface area contributed by atoms with Gasteiger partial charge in [0, 0.05) is 0 Å². The number of carboxylic acids is 2. The van der Waals surface area contributed by atoms with Crippen LogP contribution in [0.2, 0.25) is 0 Å². The fraction of sp³-hybridized carbons (Fsp3) is 0.583. The van der Waals surface area contributed by atoms with Gasteiger partial charge in [0.1, 0.15) is 0 Å². The topological polar surface area (TPSA) is 101 Å². The number of aliphatic carboxylic acids is 2. The third kappa shape index (κ3) is 4.20. The van der Waals surface area contributed by atoms with E-state index in [0.717, 1.165) is 0 Å². The van der Waals surface area contributed by atoms with Crippen LogP contribution in [0.1, 0.15) is 27.2 Å². The molecular weight excluding hydrogens is 240 g/mol. The number of ether oxygens (including phenoxy) is 1. The zero-order valence-corrected chi connectivity index (χ0v) is 10.9. The third-order valence-corrected chi connectivity index (χ3v) is 2.59. The first kappa shape index (κ1) is 16.1. The first-order chi connectivity index (χ1) is 8.05. The molecule has 0 radical (unpaired) electrons. The van der Waals surface area contributed by atoms with Crippen molar-refractivity contribution in [1.82, 2.24) is 0 Å². The zero-order chi connectivity index (χ0) is 14.6. The lowest BCUT2D eigenvalue weighted by Gasteiger charge is -2.22. The van der Waals surface area contributed by atoms with Crippen molar-refractivity contribution in [2.24, 2.45) is 10.8 Å². The van der Waals surface area contributed by atoms with Crippen molar-refractivity contribution in [3.8, 4) is 0 Å². The molecule has 0 aliphatic carbocycles. The number of rotatable bonds is 6. The van der Waals surface area contributed by atoms with Gasteiger partial charge in [-0.2, -0.15) is 0 Å². The number of esters is 1. The summed E-state index contributed by atoms with van der Waals surface area (Å²) in [5.74, 6) is -3.01. The molecule has 0 rings (SSSR count). The summed E-state index contributed by atoms with van der Waals surface area (Å²) in [4.78, 5) is 33.1. The number of carbonyl (C=O) groups is 3.